The van der Waals surface area contributed by atoms with E-state index >= 15 is 0 Å². The van der Waals surface area contributed by atoms with Crippen LogP contribution in [-0.4, -0.2) is 0 Å². The van der Waals surface area contributed by atoms with Crippen molar-refractivity contribution in [3.63, 3.8) is 0 Å². The molecule has 0 saturated heterocycles. The molecule has 1 nitrogen and oxygen atoms in total. The van der Waals surface area contributed by atoms with E-state index in [0.717, 1.165) is 17.1 Å². The molecule has 0 aliphatic heterocycles. The zero-order valence-electron chi connectivity index (χ0n) is 29.6. The van der Waals surface area contributed by atoms with Crippen LogP contribution in [-0.2, 0) is 0 Å². The first-order valence-electron chi connectivity index (χ1n) is 18.4. The fourth-order valence-electron chi connectivity index (χ4n) is 7.92. The number of anilines is 3. The van der Waals surface area contributed by atoms with E-state index in [2.05, 4.69) is 217 Å². The maximum atomic E-state index is 2.44. The van der Waals surface area contributed by atoms with Gasteiger partial charge in [-0.05, 0) is 98.2 Å². The number of fused-ring (bicyclic) bond motifs is 5. The second-order valence-electron chi connectivity index (χ2n) is 13.7. The molecule has 9 aromatic carbocycles. The SMILES string of the molecule is c1ccc(-c2cccc(N(c3cccc(-c4cccc5ccc6sc7ccccc7c6c45)c3)c3ccc(-c4ccccc4)cc3-c3ccccc3)c2)cc1. The second kappa shape index (κ2) is 13.7. The van der Waals surface area contributed by atoms with Crippen LogP contribution in [0.4, 0.5) is 17.1 Å². The maximum absolute atomic E-state index is 2.44. The van der Waals surface area contributed by atoms with E-state index in [0.29, 0.717) is 0 Å². The van der Waals surface area contributed by atoms with Gasteiger partial charge in [-0.1, -0.05) is 164 Å². The molecule has 1 aromatic heterocycles. The van der Waals surface area contributed by atoms with Crippen molar-refractivity contribution in [3.8, 4) is 44.5 Å². The van der Waals surface area contributed by atoms with Crippen LogP contribution < -0.4 is 4.90 Å². The van der Waals surface area contributed by atoms with Gasteiger partial charge in [-0.3, -0.25) is 0 Å². The first-order valence-corrected chi connectivity index (χ1v) is 19.2. The van der Waals surface area contributed by atoms with E-state index in [1.807, 2.05) is 11.3 Å². The van der Waals surface area contributed by atoms with Crippen molar-refractivity contribution < 1.29 is 0 Å². The maximum Gasteiger partial charge on any atom is 0.0540 e. The number of thiophene rings is 1. The Kier molecular flexibility index (Phi) is 8.09. The van der Waals surface area contributed by atoms with Crippen molar-refractivity contribution in [1.82, 2.24) is 0 Å². The third-order valence-electron chi connectivity index (χ3n) is 10.4. The van der Waals surface area contributed by atoms with E-state index in [1.165, 1.54) is 75.5 Å². The molecule has 0 spiro atoms. The topological polar surface area (TPSA) is 3.24 Å². The van der Waals surface area contributed by atoms with Gasteiger partial charge in [0.1, 0.15) is 0 Å². The Labute approximate surface area is 319 Å². The minimum atomic E-state index is 1.10. The van der Waals surface area contributed by atoms with Crippen molar-refractivity contribution >= 4 is 59.3 Å². The van der Waals surface area contributed by atoms with Gasteiger partial charge in [-0.25, -0.2) is 0 Å². The predicted molar refractivity (Wildman–Crippen MR) is 233 cm³/mol. The minimum absolute atomic E-state index is 1.10. The Morgan fingerprint density at radius 2 is 0.889 bits per heavy atom. The summed E-state index contributed by atoms with van der Waals surface area (Å²) in [4.78, 5) is 2.44. The molecular weight excluding hydrogens is 671 g/mol. The summed E-state index contributed by atoms with van der Waals surface area (Å²) >= 11 is 1.87. The molecule has 0 bridgehead atoms. The number of nitrogens with zero attached hydrogens (tertiary/aromatic N) is 1. The van der Waals surface area contributed by atoms with E-state index < -0.39 is 0 Å². The summed E-state index contributed by atoms with van der Waals surface area (Å²) in [5.74, 6) is 0. The highest BCUT2D eigenvalue weighted by atomic mass is 32.1. The smallest absolute Gasteiger partial charge is 0.0540 e. The highest BCUT2D eigenvalue weighted by Gasteiger charge is 2.20. The fourth-order valence-corrected chi connectivity index (χ4v) is 9.03. The molecule has 54 heavy (non-hydrogen) atoms. The largest absolute Gasteiger partial charge is 0.310 e. The summed E-state index contributed by atoms with van der Waals surface area (Å²) in [6, 6.07) is 77.2. The molecule has 2 heteroatoms. The minimum Gasteiger partial charge on any atom is -0.310 e. The summed E-state index contributed by atoms with van der Waals surface area (Å²) in [7, 11) is 0. The van der Waals surface area contributed by atoms with Gasteiger partial charge in [0.25, 0.3) is 0 Å². The predicted octanol–water partition coefficient (Wildman–Crippen LogP) is 15.3. The van der Waals surface area contributed by atoms with Crippen molar-refractivity contribution in [3.05, 3.63) is 212 Å². The lowest BCUT2D eigenvalue weighted by Crippen LogP contribution is -2.11. The molecule has 254 valence electrons. The Hall–Kier alpha value is -6.74. The second-order valence-corrected chi connectivity index (χ2v) is 14.8. The molecule has 0 saturated carbocycles. The van der Waals surface area contributed by atoms with Crippen LogP contribution in [0.1, 0.15) is 0 Å². The Morgan fingerprint density at radius 1 is 0.315 bits per heavy atom. The Bertz CT molecular complexity index is 2930. The van der Waals surface area contributed by atoms with Gasteiger partial charge in [0.05, 0.1) is 5.69 Å². The molecule has 0 fully saturated rings. The number of rotatable bonds is 7. The highest BCUT2D eigenvalue weighted by molar-refractivity contribution is 7.26. The van der Waals surface area contributed by atoms with Gasteiger partial charge in [-0.2, -0.15) is 0 Å². The molecule has 0 N–H and O–H groups in total. The first-order chi connectivity index (χ1) is 26.8. The molecular formula is C52H35NS. The summed E-state index contributed by atoms with van der Waals surface area (Å²) in [5, 5.41) is 5.21. The molecule has 0 aliphatic rings. The van der Waals surface area contributed by atoms with Gasteiger partial charge in [-0.15, -0.1) is 11.3 Å². The lowest BCUT2D eigenvalue weighted by atomic mass is 9.93. The van der Waals surface area contributed by atoms with Crippen molar-refractivity contribution in [2.45, 2.75) is 0 Å². The molecule has 10 rings (SSSR count). The molecule has 0 unspecified atom stereocenters. The van der Waals surface area contributed by atoms with Gasteiger partial charge in [0.2, 0.25) is 0 Å². The molecule has 10 aromatic rings. The molecule has 0 radical (unpaired) electrons. The van der Waals surface area contributed by atoms with Gasteiger partial charge >= 0.3 is 0 Å². The Morgan fingerprint density at radius 3 is 1.61 bits per heavy atom. The zero-order valence-corrected chi connectivity index (χ0v) is 30.4. The van der Waals surface area contributed by atoms with Gasteiger partial charge in [0, 0.05) is 37.1 Å². The third-order valence-corrected chi connectivity index (χ3v) is 11.6. The van der Waals surface area contributed by atoms with Crippen LogP contribution in [0.3, 0.4) is 0 Å². The van der Waals surface area contributed by atoms with E-state index in [1.54, 1.807) is 0 Å². The molecule has 0 amide bonds. The quantitative estimate of drug-likeness (QED) is 0.160. The van der Waals surface area contributed by atoms with Gasteiger partial charge in [0.15, 0.2) is 0 Å². The van der Waals surface area contributed by atoms with Crippen LogP contribution >= 0.6 is 11.3 Å². The zero-order chi connectivity index (χ0) is 35.8. The van der Waals surface area contributed by atoms with Crippen molar-refractivity contribution in [1.29, 1.82) is 0 Å². The fraction of sp³-hybridized carbons (Fsp3) is 0. The lowest BCUT2D eigenvalue weighted by Gasteiger charge is -2.29. The first kappa shape index (κ1) is 32.0. The number of hydrogen-bond acceptors (Lipinski definition) is 2. The highest BCUT2D eigenvalue weighted by Crippen LogP contribution is 2.46. The van der Waals surface area contributed by atoms with Crippen LogP contribution in [0.2, 0.25) is 0 Å². The molecule has 1 heterocycles. The summed E-state index contributed by atoms with van der Waals surface area (Å²) in [5.41, 5.74) is 12.8. The molecule has 0 atom stereocenters. The average molecular weight is 706 g/mol. The lowest BCUT2D eigenvalue weighted by molar-refractivity contribution is 1.28. The summed E-state index contributed by atoms with van der Waals surface area (Å²) in [6.45, 7) is 0. The van der Waals surface area contributed by atoms with E-state index in [9.17, 15) is 0 Å². The monoisotopic (exact) mass is 705 g/mol. The summed E-state index contributed by atoms with van der Waals surface area (Å²) in [6.07, 6.45) is 0. The third kappa shape index (κ3) is 5.74. The normalized spacial score (nSPS) is 11.3. The van der Waals surface area contributed by atoms with Crippen molar-refractivity contribution in [2.75, 3.05) is 4.90 Å². The van der Waals surface area contributed by atoms with E-state index in [4.69, 9.17) is 0 Å². The summed E-state index contributed by atoms with van der Waals surface area (Å²) < 4.78 is 2.64. The van der Waals surface area contributed by atoms with Crippen LogP contribution in [0, 0.1) is 0 Å². The standard InChI is InChI=1S/C52H35NS/c1-4-15-36(16-5-1)40-22-12-24-43(33-40)53(48-31-29-41(37-17-6-2-7-18-37)35-47(48)38-19-8-3-9-20-38)44-25-13-23-42(34-44)45-27-14-21-39-30-32-50-52(51(39)45)46-26-10-11-28-49(46)54-50/h1-35H. The number of hydrogen-bond donors (Lipinski definition) is 0. The number of benzene rings is 9. The average Bonchev–Trinajstić information content (AvgIpc) is 3.64. The van der Waals surface area contributed by atoms with Crippen LogP contribution in [0.25, 0.3) is 75.5 Å². The van der Waals surface area contributed by atoms with Crippen LogP contribution in [0.5, 0.6) is 0 Å². The van der Waals surface area contributed by atoms with Gasteiger partial charge < -0.3 is 4.90 Å². The van der Waals surface area contributed by atoms with Crippen molar-refractivity contribution in [2.24, 2.45) is 0 Å². The van der Waals surface area contributed by atoms with Crippen LogP contribution in [0.15, 0.2) is 212 Å². The Balaban J connectivity index is 1.22. The van der Waals surface area contributed by atoms with E-state index in [-0.39, 0.29) is 0 Å². The molecule has 0 aliphatic carbocycles.